The van der Waals surface area contributed by atoms with Crippen LogP contribution in [0.25, 0.3) is 33.6 Å². The fourth-order valence-electron chi connectivity index (χ4n) is 4.44. The molecule has 1 aromatic carbocycles. The van der Waals surface area contributed by atoms with Gasteiger partial charge in [0.2, 0.25) is 0 Å². The number of aryl methyl sites for hydroxylation is 2. The van der Waals surface area contributed by atoms with Crippen molar-refractivity contribution in [3.8, 4) is 33.6 Å². The molecule has 8 heteroatoms. The summed E-state index contributed by atoms with van der Waals surface area (Å²) in [6.07, 6.45) is 10.7. The third-order valence-corrected chi connectivity index (χ3v) is 6.07. The van der Waals surface area contributed by atoms with Crippen molar-refractivity contribution < 1.29 is 5.11 Å². The smallest absolute Gasteiger partial charge is 0.159 e. The quantitative estimate of drug-likeness (QED) is 0.507. The van der Waals surface area contributed by atoms with E-state index in [1.807, 2.05) is 51.1 Å². The van der Waals surface area contributed by atoms with E-state index in [0.717, 1.165) is 58.8 Å². The van der Waals surface area contributed by atoms with Crippen LogP contribution in [0.4, 0.5) is 0 Å². The zero-order chi connectivity index (χ0) is 22.1. The molecular weight excluding hydrogens is 402 g/mol. The fraction of sp³-hybridized carbons (Fsp3) is 0.333. The van der Waals surface area contributed by atoms with E-state index >= 15 is 0 Å². The lowest BCUT2D eigenvalue weighted by Gasteiger charge is -2.17. The number of nitrogens with zero attached hydrogens (tertiary/aromatic N) is 7. The first-order valence-electron chi connectivity index (χ1n) is 10.9. The van der Waals surface area contributed by atoms with Crippen LogP contribution in [-0.4, -0.2) is 65.8 Å². The number of aromatic nitrogens is 6. The van der Waals surface area contributed by atoms with Crippen LogP contribution in [0.3, 0.4) is 0 Å². The fourth-order valence-corrected chi connectivity index (χ4v) is 4.44. The molecule has 8 nitrogen and oxygen atoms in total. The molecule has 0 bridgehead atoms. The molecule has 1 saturated heterocycles. The highest BCUT2D eigenvalue weighted by atomic mass is 16.3. The van der Waals surface area contributed by atoms with E-state index in [-0.39, 0.29) is 6.61 Å². The number of hydrogen-bond donors (Lipinski definition) is 1. The Hall–Kier alpha value is -3.36. The van der Waals surface area contributed by atoms with Crippen molar-refractivity contribution in [2.75, 3.05) is 26.2 Å². The van der Waals surface area contributed by atoms with Crippen molar-refractivity contribution in [2.45, 2.75) is 12.3 Å². The SMILES string of the molecule is Cn1cc(-c2cccc(-c3ncc(-c4cnn(C)c4)c(C4CCN(CCO)C4)n3)c2)cn1. The summed E-state index contributed by atoms with van der Waals surface area (Å²) in [4.78, 5) is 12.1. The Morgan fingerprint density at radius 2 is 1.72 bits per heavy atom. The molecule has 1 aliphatic rings. The Morgan fingerprint density at radius 1 is 0.969 bits per heavy atom. The van der Waals surface area contributed by atoms with E-state index in [1.165, 1.54) is 0 Å². The second kappa shape index (κ2) is 8.64. The summed E-state index contributed by atoms with van der Waals surface area (Å²) in [5.41, 5.74) is 6.25. The number of rotatable bonds is 6. The van der Waals surface area contributed by atoms with E-state index in [2.05, 4.69) is 33.3 Å². The molecule has 1 N–H and O–H groups in total. The number of aliphatic hydroxyl groups excluding tert-OH is 1. The largest absolute Gasteiger partial charge is 0.395 e. The minimum atomic E-state index is 0.179. The molecule has 1 unspecified atom stereocenters. The molecule has 0 amide bonds. The maximum atomic E-state index is 9.35. The van der Waals surface area contributed by atoms with Gasteiger partial charge in [-0.05, 0) is 24.6 Å². The first-order valence-corrected chi connectivity index (χ1v) is 10.9. The number of β-amino-alcohol motifs (C(OH)–C–C–N with tert-alkyl or cyclic N) is 1. The predicted molar refractivity (Wildman–Crippen MR) is 123 cm³/mol. The molecule has 3 aromatic heterocycles. The molecular formula is C24H27N7O. The van der Waals surface area contributed by atoms with Crippen molar-refractivity contribution in [3.05, 3.63) is 60.9 Å². The van der Waals surface area contributed by atoms with Gasteiger partial charge in [-0.2, -0.15) is 10.2 Å². The molecule has 0 radical (unpaired) electrons. The van der Waals surface area contributed by atoms with Crippen molar-refractivity contribution in [1.82, 2.24) is 34.4 Å². The van der Waals surface area contributed by atoms with Crippen LogP contribution in [0.2, 0.25) is 0 Å². The Labute approximate surface area is 187 Å². The number of aliphatic hydroxyl groups is 1. The van der Waals surface area contributed by atoms with E-state index in [9.17, 15) is 5.11 Å². The predicted octanol–water partition coefficient (Wildman–Crippen LogP) is 2.73. The molecule has 4 aromatic rings. The Balaban J connectivity index is 1.55. The standard InChI is InChI=1S/C24H27N7O/c1-29-14-20(11-26-29)17-4-3-5-18(10-17)24-25-13-22(21-12-27-30(2)15-21)23(28-24)19-6-7-31(16-19)8-9-32/h3-5,10-15,19,32H,6-9,16H2,1-2H3. The van der Waals surface area contributed by atoms with E-state index in [0.29, 0.717) is 12.5 Å². The highest BCUT2D eigenvalue weighted by Gasteiger charge is 2.28. The highest BCUT2D eigenvalue weighted by Crippen LogP contribution is 2.34. The summed E-state index contributed by atoms with van der Waals surface area (Å²) in [6, 6.07) is 8.28. The molecule has 164 valence electrons. The van der Waals surface area contributed by atoms with Gasteiger partial charge in [-0.25, -0.2) is 9.97 Å². The third-order valence-electron chi connectivity index (χ3n) is 6.07. The van der Waals surface area contributed by atoms with E-state index in [4.69, 9.17) is 9.97 Å². The lowest BCUT2D eigenvalue weighted by Crippen LogP contribution is -2.24. The second-order valence-corrected chi connectivity index (χ2v) is 8.39. The van der Waals surface area contributed by atoms with E-state index < -0.39 is 0 Å². The maximum Gasteiger partial charge on any atom is 0.159 e. The first kappa shape index (κ1) is 20.5. The second-order valence-electron chi connectivity index (χ2n) is 8.39. The Bertz CT molecular complexity index is 1230. The van der Waals surface area contributed by atoms with E-state index in [1.54, 1.807) is 9.36 Å². The van der Waals surface area contributed by atoms with Gasteiger partial charge in [0, 0.05) is 73.9 Å². The zero-order valence-corrected chi connectivity index (χ0v) is 18.4. The highest BCUT2D eigenvalue weighted by molar-refractivity contribution is 5.71. The molecule has 1 aliphatic heterocycles. The average molecular weight is 430 g/mol. The minimum absolute atomic E-state index is 0.179. The number of hydrogen-bond acceptors (Lipinski definition) is 6. The summed E-state index contributed by atoms with van der Waals surface area (Å²) < 4.78 is 3.61. The maximum absolute atomic E-state index is 9.35. The van der Waals surface area contributed by atoms with Gasteiger partial charge in [0.1, 0.15) is 0 Å². The summed E-state index contributed by atoms with van der Waals surface area (Å²) in [7, 11) is 3.84. The van der Waals surface area contributed by atoms with Crippen molar-refractivity contribution in [1.29, 1.82) is 0 Å². The lowest BCUT2D eigenvalue weighted by molar-refractivity contribution is 0.220. The molecule has 1 atom stereocenters. The minimum Gasteiger partial charge on any atom is -0.395 e. The van der Waals surface area contributed by atoms with Crippen LogP contribution in [0.1, 0.15) is 18.0 Å². The Kier molecular flexibility index (Phi) is 5.55. The zero-order valence-electron chi connectivity index (χ0n) is 18.4. The number of likely N-dealkylation sites (tertiary alicyclic amines) is 1. The summed E-state index contributed by atoms with van der Waals surface area (Å²) in [6.45, 7) is 2.73. The van der Waals surface area contributed by atoms with Crippen molar-refractivity contribution >= 4 is 0 Å². The van der Waals surface area contributed by atoms with Crippen LogP contribution in [0.5, 0.6) is 0 Å². The average Bonchev–Trinajstić information content (AvgIpc) is 3.55. The first-order chi connectivity index (χ1) is 15.6. The van der Waals surface area contributed by atoms with Gasteiger partial charge < -0.3 is 10.0 Å². The molecule has 4 heterocycles. The summed E-state index contributed by atoms with van der Waals surface area (Å²) in [5.74, 6) is 1.01. The van der Waals surface area contributed by atoms with Gasteiger partial charge in [0.05, 0.1) is 24.7 Å². The Morgan fingerprint density at radius 3 is 2.44 bits per heavy atom. The normalized spacial score (nSPS) is 16.7. The van der Waals surface area contributed by atoms with Gasteiger partial charge in [0.15, 0.2) is 5.82 Å². The summed E-state index contributed by atoms with van der Waals surface area (Å²) in [5, 5.41) is 18.0. The molecule has 1 fully saturated rings. The number of benzene rings is 1. The molecule has 32 heavy (non-hydrogen) atoms. The van der Waals surface area contributed by atoms with Gasteiger partial charge in [-0.3, -0.25) is 9.36 Å². The topological polar surface area (TPSA) is 84.9 Å². The van der Waals surface area contributed by atoms with Gasteiger partial charge in [0.25, 0.3) is 0 Å². The van der Waals surface area contributed by atoms with Gasteiger partial charge >= 0.3 is 0 Å². The summed E-state index contributed by atoms with van der Waals surface area (Å²) >= 11 is 0. The van der Waals surface area contributed by atoms with Crippen molar-refractivity contribution in [2.24, 2.45) is 14.1 Å². The van der Waals surface area contributed by atoms with Crippen LogP contribution < -0.4 is 0 Å². The molecule has 0 saturated carbocycles. The monoisotopic (exact) mass is 429 g/mol. The van der Waals surface area contributed by atoms with Crippen molar-refractivity contribution in [3.63, 3.8) is 0 Å². The molecule has 5 rings (SSSR count). The lowest BCUT2D eigenvalue weighted by atomic mass is 9.97. The molecule has 0 aliphatic carbocycles. The third kappa shape index (κ3) is 4.06. The molecule has 0 spiro atoms. The van der Waals surface area contributed by atoms with Crippen LogP contribution >= 0.6 is 0 Å². The van der Waals surface area contributed by atoms with Gasteiger partial charge in [-0.15, -0.1) is 0 Å². The van der Waals surface area contributed by atoms with Crippen LogP contribution in [-0.2, 0) is 14.1 Å². The van der Waals surface area contributed by atoms with Crippen LogP contribution in [0, 0.1) is 0 Å². The van der Waals surface area contributed by atoms with Gasteiger partial charge in [-0.1, -0.05) is 18.2 Å². The van der Waals surface area contributed by atoms with Crippen LogP contribution in [0.15, 0.2) is 55.2 Å².